The van der Waals surface area contributed by atoms with Crippen LogP contribution in [0.3, 0.4) is 0 Å². The van der Waals surface area contributed by atoms with Crippen molar-refractivity contribution < 1.29 is 4.79 Å². The molecule has 1 N–H and O–H groups in total. The van der Waals surface area contributed by atoms with Gasteiger partial charge in [0.25, 0.3) is 0 Å². The van der Waals surface area contributed by atoms with Crippen molar-refractivity contribution in [1.29, 1.82) is 0 Å². The summed E-state index contributed by atoms with van der Waals surface area (Å²) >= 11 is 0. The first-order valence-electron chi connectivity index (χ1n) is 10.4. The fourth-order valence-corrected chi connectivity index (χ4v) is 4.26. The molecule has 1 amide bonds. The summed E-state index contributed by atoms with van der Waals surface area (Å²) in [6.07, 6.45) is 10.2. The van der Waals surface area contributed by atoms with Gasteiger partial charge in [-0.1, -0.05) is 70.4 Å². The molecule has 0 spiro atoms. The van der Waals surface area contributed by atoms with E-state index in [2.05, 4.69) is 56.4 Å². The molecule has 140 valence electrons. The predicted molar refractivity (Wildman–Crippen MR) is 107 cm³/mol. The molecule has 3 atom stereocenters. The van der Waals surface area contributed by atoms with E-state index in [4.69, 9.17) is 0 Å². The Balaban J connectivity index is 1.59. The third-order valence-corrected chi connectivity index (χ3v) is 5.83. The number of carbonyl (C=O) groups excluding carboxylic acids is 1. The van der Waals surface area contributed by atoms with Gasteiger partial charge in [-0.15, -0.1) is 0 Å². The molecule has 0 saturated heterocycles. The lowest BCUT2D eigenvalue weighted by atomic mass is 9.74. The van der Waals surface area contributed by atoms with Crippen LogP contribution >= 0.6 is 0 Å². The van der Waals surface area contributed by atoms with Gasteiger partial charge in [-0.25, -0.2) is 0 Å². The van der Waals surface area contributed by atoms with Gasteiger partial charge in [0, 0.05) is 12.5 Å². The monoisotopic (exact) mass is 343 g/mol. The van der Waals surface area contributed by atoms with Gasteiger partial charge in [-0.3, -0.25) is 4.79 Å². The molecule has 1 fully saturated rings. The van der Waals surface area contributed by atoms with Gasteiger partial charge in [0.05, 0.1) is 0 Å². The van der Waals surface area contributed by atoms with Crippen LogP contribution in [0.1, 0.15) is 77.7 Å². The minimum Gasteiger partial charge on any atom is -0.353 e. The second-order valence-corrected chi connectivity index (χ2v) is 8.40. The van der Waals surface area contributed by atoms with Crippen LogP contribution in [0.5, 0.6) is 0 Å². The van der Waals surface area contributed by atoms with E-state index in [-0.39, 0.29) is 5.91 Å². The lowest BCUT2D eigenvalue weighted by Crippen LogP contribution is -2.45. The zero-order chi connectivity index (χ0) is 18.1. The molecule has 1 aromatic rings. The van der Waals surface area contributed by atoms with Crippen LogP contribution in [0.15, 0.2) is 30.3 Å². The van der Waals surface area contributed by atoms with Crippen molar-refractivity contribution in [2.24, 2.45) is 17.8 Å². The summed E-state index contributed by atoms with van der Waals surface area (Å²) in [7, 11) is 0. The number of hydrogen-bond acceptors (Lipinski definition) is 1. The molecule has 0 heterocycles. The van der Waals surface area contributed by atoms with Crippen LogP contribution in [-0.4, -0.2) is 11.9 Å². The van der Waals surface area contributed by atoms with Crippen molar-refractivity contribution in [2.75, 3.05) is 0 Å². The van der Waals surface area contributed by atoms with Gasteiger partial charge in [0.15, 0.2) is 0 Å². The zero-order valence-electron chi connectivity index (χ0n) is 16.5. The number of benzene rings is 1. The standard InChI is InChI=1S/C23H37NO/c1-18(2)21-16-15-19(3)17-22(21)24-23(25)14-10-5-4-7-11-20-12-8-6-9-13-20/h6,8-9,12-13,18-19,21-22H,4-5,7,10-11,14-17H2,1-3H3,(H,24,25)/t19-,21+,22-/m1/s1. The van der Waals surface area contributed by atoms with Crippen molar-refractivity contribution >= 4 is 5.91 Å². The number of carbonyl (C=O) groups is 1. The van der Waals surface area contributed by atoms with E-state index in [1.54, 1.807) is 0 Å². The minimum atomic E-state index is 0.271. The summed E-state index contributed by atoms with van der Waals surface area (Å²) in [5.74, 6) is 2.34. The Morgan fingerprint density at radius 3 is 2.52 bits per heavy atom. The van der Waals surface area contributed by atoms with Crippen molar-refractivity contribution in [3.8, 4) is 0 Å². The maximum atomic E-state index is 12.3. The lowest BCUT2D eigenvalue weighted by molar-refractivity contribution is -0.122. The Kier molecular flexibility index (Phi) is 8.51. The smallest absolute Gasteiger partial charge is 0.220 e. The van der Waals surface area contributed by atoms with E-state index in [1.807, 2.05) is 0 Å². The van der Waals surface area contributed by atoms with Crippen molar-refractivity contribution in [2.45, 2.75) is 84.6 Å². The van der Waals surface area contributed by atoms with Crippen LogP contribution in [0.25, 0.3) is 0 Å². The Morgan fingerprint density at radius 2 is 1.80 bits per heavy atom. The maximum absolute atomic E-state index is 12.3. The number of nitrogens with one attached hydrogen (secondary N) is 1. The van der Waals surface area contributed by atoms with Gasteiger partial charge in [-0.05, 0) is 55.4 Å². The van der Waals surface area contributed by atoms with Crippen LogP contribution in [-0.2, 0) is 11.2 Å². The molecule has 1 aliphatic carbocycles. The molecule has 1 aromatic carbocycles. The Hall–Kier alpha value is -1.31. The molecular formula is C23H37NO. The third kappa shape index (κ3) is 7.22. The minimum absolute atomic E-state index is 0.271. The number of aryl methyl sites for hydroxylation is 1. The molecule has 0 bridgehead atoms. The second kappa shape index (κ2) is 10.6. The van der Waals surface area contributed by atoms with Crippen LogP contribution in [0.4, 0.5) is 0 Å². The van der Waals surface area contributed by atoms with E-state index >= 15 is 0 Å². The van der Waals surface area contributed by atoms with Gasteiger partial charge in [0.1, 0.15) is 0 Å². The lowest BCUT2D eigenvalue weighted by Gasteiger charge is -2.37. The number of rotatable bonds is 9. The zero-order valence-corrected chi connectivity index (χ0v) is 16.5. The molecule has 2 rings (SSSR count). The van der Waals surface area contributed by atoms with Crippen LogP contribution in [0.2, 0.25) is 0 Å². The highest BCUT2D eigenvalue weighted by atomic mass is 16.1. The van der Waals surface area contributed by atoms with Gasteiger partial charge < -0.3 is 5.32 Å². The SMILES string of the molecule is CC(C)[C@@H]1CC[C@@H](C)C[C@H]1NC(=O)CCCCCCc1ccccc1. The van der Waals surface area contributed by atoms with E-state index in [0.29, 0.717) is 24.3 Å². The predicted octanol–water partition coefficient (Wildman–Crippen LogP) is 5.76. The molecule has 2 nitrogen and oxygen atoms in total. The summed E-state index contributed by atoms with van der Waals surface area (Å²) in [5, 5.41) is 3.36. The number of unbranched alkanes of at least 4 members (excludes halogenated alkanes) is 3. The summed E-state index contributed by atoms with van der Waals surface area (Å²) in [4.78, 5) is 12.3. The summed E-state index contributed by atoms with van der Waals surface area (Å²) in [6, 6.07) is 11.1. The first-order chi connectivity index (χ1) is 12.1. The summed E-state index contributed by atoms with van der Waals surface area (Å²) in [5.41, 5.74) is 1.42. The molecular weight excluding hydrogens is 306 g/mol. The van der Waals surface area contributed by atoms with E-state index < -0.39 is 0 Å². The fourth-order valence-electron chi connectivity index (χ4n) is 4.26. The van der Waals surface area contributed by atoms with Gasteiger partial charge >= 0.3 is 0 Å². The van der Waals surface area contributed by atoms with Crippen LogP contribution in [0, 0.1) is 17.8 Å². The first-order valence-corrected chi connectivity index (χ1v) is 10.4. The topological polar surface area (TPSA) is 29.1 Å². The quantitative estimate of drug-likeness (QED) is 0.568. The molecule has 0 aromatic heterocycles. The van der Waals surface area contributed by atoms with Crippen molar-refractivity contribution in [3.63, 3.8) is 0 Å². The normalized spacial score (nSPS) is 23.6. The van der Waals surface area contributed by atoms with Crippen molar-refractivity contribution in [3.05, 3.63) is 35.9 Å². The highest BCUT2D eigenvalue weighted by molar-refractivity contribution is 5.76. The maximum Gasteiger partial charge on any atom is 0.220 e. The van der Waals surface area contributed by atoms with E-state index in [1.165, 1.54) is 31.2 Å². The molecule has 25 heavy (non-hydrogen) atoms. The molecule has 1 aliphatic rings. The first kappa shape index (κ1) is 20.0. The average molecular weight is 344 g/mol. The molecule has 0 unspecified atom stereocenters. The van der Waals surface area contributed by atoms with E-state index in [9.17, 15) is 4.79 Å². The highest BCUT2D eigenvalue weighted by Gasteiger charge is 2.31. The third-order valence-electron chi connectivity index (χ3n) is 5.83. The van der Waals surface area contributed by atoms with E-state index in [0.717, 1.165) is 31.6 Å². The Morgan fingerprint density at radius 1 is 1.08 bits per heavy atom. The molecule has 0 aliphatic heterocycles. The fraction of sp³-hybridized carbons (Fsp3) is 0.696. The Labute approximate surface area is 154 Å². The Bertz CT molecular complexity index is 496. The van der Waals surface area contributed by atoms with Gasteiger partial charge in [0.2, 0.25) is 5.91 Å². The summed E-state index contributed by atoms with van der Waals surface area (Å²) < 4.78 is 0. The summed E-state index contributed by atoms with van der Waals surface area (Å²) in [6.45, 7) is 6.92. The van der Waals surface area contributed by atoms with Crippen LogP contribution < -0.4 is 5.32 Å². The largest absolute Gasteiger partial charge is 0.353 e. The second-order valence-electron chi connectivity index (χ2n) is 8.40. The van der Waals surface area contributed by atoms with Gasteiger partial charge in [-0.2, -0.15) is 0 Å². The molecule has 2 heteroatoms. The van der Waals surface area contributed by atoms with Crippen molar-refractivity contribution in [1.82, 2.24) is 5.32 Å². The number of hydrogen-bond donors (Lipinski definition) is 1. The molecule has 0 radical (unpaired) electrons. The average Bonchev–Trinajstić information content (AvgIpc) is 2.58. The highest BCUT2D eigenvalue weighted by Crippen LogP contribution is 2.33. The number of amides is 1. The molecule has 1 saturated carbocycles.